The summed E-state index contributed by atoms with van der Waals surface area (Å²) in [5, 5.41) is 13.4. The number of hydrogen-bond donors (Lipinski definition) is 1. The first-order valence-corrected chi connectivity index (χ1v) is 9.87. The standard InChI is InChI=1S/C25H16N4O3/c26-14-20-13-18(24-23(25(30)32-29-24)17-9-11-27-12-10-17)5-6-19(20)15-31-22-8-7-16-3-1-2-4-21(16)28-22/h1-13,29H,15H2. The van der Waals surface area contributed by atoms with E-state index in [2.05, 4.69) is 21.2 Å². The van der Waals surface area contributed by atoms with E-state index < -0.39 is 5.63 Å². The summed E-state index contributed by atoms with van der Waals surface area (Å²) in [6, 6.07) is 22.5. The summed E-state index contributed by atoms with van der Waals surface area (Å²) < 4.78 is 10.9. The van der Waals surface area contributed by atoms with Gasteiger partial charge in [0, 0.05) is 35.0 Å². The number of ether oxygens (including phenoxy) is 1. The lowest BCUT2D eigenvalue weighted by atomic mass is 9.99. The van der Waals surface area contributed by atoms with Crippen LogP contribution in [-0.2, 0) is 6.61 Å². The molecule has 7 heteroatoms. The van der Waals surface area contributed by atoms with Crippen molar-refractivity contribution in [2.45, 2.75) is 6.61 Å². The van der Waals surface area contributed by atoms with E-state index in [1.54, 1.807) is 42.7 Å². The van der Waals surface area contributed by atoms with Crippen molar-refractivity contribution in [3.8, 4) is 34.3 Å². The molecule has 154 valence electrons. The normalized spacial score (nSPS) is 10.7. The van der Waals surface area contributed by atoms with E-state index in [-0.39, 0.29) is 6.61 Å². The second kappa shape index (κ2) is 8.20. The van der Waals surface area contributed by atoms with E-state index in [4.69, 9.17) is 9.26 Å². The topological polar surface area (TPSA) is 105 Å². The molecule has 0 bridgehead atoms. The van der Waals surface area contributed by atoms with Gasteiger partial charge in [0.15, 0.2) is 0 Å². The second-order valence-corrected chi connectivity index (χ2v) is 7.09. The van der Waals surface area contributed by atoms with Crippen LogP contribution in [0.4, 0.5) is 0 Å². The Labute approximate surface area is 182 Å². The van der Waals surface area contributed by atoms with Gasteiger partial charge in [0.05, 0.1) is 28.4 Å². The maximum atomic E-state index is 12.3. The Morgan fingerprint density at radius 3 is 2.69 bits per heavy atom. The van der Waals surface area contributed by atoms with E-state index in [1.165, 1.54) is 0 Å². The summed E-state index contributed by atoms with van der Waals surface area (Å²) in [4.78, 5) is 20.8. The molecule has 5 rings (SSSR count). The summed E-state index contributed by atoms with van der Waals surface area (Å²) in [5.41, 5.74) is 3.73. The molecular formula is C25H16N4O3. The largest absolute Gasteiger partial charge is 0.473 e. The van der Waals surface area contributed by atoms with Crippen molar-refractivity contribution >= 4 is 10.9 Å². The zero-order valence-electron chi connectivity index (χ0n) is 16.8. The van der Waals surface area contributed by atoms with E-state index in [0.717, 1.165) is 10.9 Å². The summed E-state index contributed by atoms with van der Waals surface area (Å²) >= 11 is 0. The Balaban J connectivity index is 1.44. The number of H-pyrrole nitrogens is 1. The first kappa shape index (κ1) is 19.3. The van der Waals surface area contributed by atoms with Crippen molar-refractivity contribution in [3.05, 3.63) is 101 Å². The molecule has 0 atom stereocenters. The fraction of sp³-hybridized carbons (Fsp3) is 0.0400. The molecule has 0 aliphatic rings. The third-order valence-electron chi connectivity index (χ3n) is 5.14. The number of nitrogens with zero attached hydrogens (tertiary/aromatic N) is 3. The minimum atomic E-state index is -0.487. The van der Waals surface area contributed by atoms with Crippen LogP contribution in [0.3, 0.4) is 0 Å². The number of aromatic amines is 1. The number of pyridine rings is 2. The SMILES string of the molecule is N#Cc1cc(-c2[nH]oc(=O)c2-c2ccncc2)ccc1COc1ccc2ccccc2n1. The van der Waals surface area contributed by atoms with Gasteiger partial charge in [-0.15, -0.1) is 0 Å². The van der Waals surface area contributed by atoms with Gasteiger partial charge >= 0.3 is 5.63 Å². The molecule has 0 unspecified atom stereocenters. The van der Waals surface area contributed by atoms with Crippen molar-refractivity contribution < 1.29 is 9.26 Å². The van der Waals surface area contributed by atoms with Crippen LogP contribution < -0.4 is 10.4 Å². The summed E-state index contributed by atoms with van der Waals surface area (Å²) in [6.45, 7) is 0.188. The highest BCUT2D eigenvalue weighted by molar-refractivity contribution is 5.80. The summed E-state index contributed by atoms with van der Waals surface area (Å²) in [5.74, 6) is 0.482. The number of benzene rings is 2. The van der Waals surface area contributed by atoms with Crippen LogP contribution in [0.5, 0.6) is 5.88 Å². The molecule has 0 saturated carbocycles. The highest BCUT2D eigenvalue weighted by Crippen LogP contribution is 2.29. The minimum Gasteiger partial charge on any atom is -0.473 e. The van der Waals surface area contributed by atoms with Gasteiger partial charge in [0.1, 0.15) is 6.61 Å². The number of fused-ring (bicyclic) bond motifs is 1. The molecule has 3 heterocycles. The van der Waals surface area contributed by atoms with E-state index >= 15 is 0 Å². The molecular weight excluding hydrogens is 404 g/mol. The zero-order valence-corrected chi connectivity index (χ0v) is 16.8. The third kappa shape index (κ3) is 3.61. The van der Waals surface area contributed by atoms with Crippen molar-refractivity contribution in [1.29, 1.82) is 5.26 Å². The average molecular weight is 420 g/mol. The Bertz CT molecular complexity index is 1510. The van der Waals surface area contributed by atoms with Gasteiger partial charge < -0.3 is 9.26 Å². The van der Waals surface area contributed by atoms with Crippen LogP contribution in [0, 0.1) is 11.3 Å². The molecule has 0 saturated heterocycles. The molecule has 0 aliphatic carbocycles. The predicted molar refractivity (Wildman–Crippen MR) is 119 cm³/mol. The molecule has 7 nitrogen and oxygen atoms in total. The van der Waals surface area contributed by atoms with Gasteiger partial charge in [0.25, 0.3) is 0 Å². The molecule has 0 radical (unpaired) electrons. The third-order valence-corrected chi connectivity index (χ3v) is 5.14. The lowest BCUT2D eigenvalue weighted by Gasteiger charge is -2.09. The number of nitrogens with one attached hydrogen (secondary N) is 1. The molecule has 2 aromatic carbocycles. The van der Waals surface area contributed by atoms with Gasteiger partial charge in [-0.25, -0.2) is 14.9 Å². The zero-order chi connectivity index (χ0) is 21.9. The number of nitriles is 1. The second-order valence-electron chi connectivity index (χ2n) is 7.09. The van der Waals surface area contributed by atoms with Crippen LogP contribution in [-0.4, -0.2) is 15.1 Å². The van der Waals surface area contributed by atoms with Crippen molar-refractivity contribution in [2.24, 2.45) is 0 Å². The van der Waals surface area contributed by atoms with Gasteiger partial charge in [-0.1, -0.05) is 30.3 Å². The molecule has 0 amide bonds. The number of rotatable bonds is 5. The van der Waals surface area contributed by atoms with Crippen LogP contribution in [0.25, 0.3) is 33.3 Å². The lowest BCUT2D eigenvalue weighted by molar-refractivity contribution is 0.295. The minimum absolute atomic E-state index is 0.188. The molecule has 1 N–H and O–H groups in total. The Morgan fingerprint density at radius 1 is 1.00 bits per heavy atom. The van der Waals surface area contributed by atoms with E-state index in [0.29, 0.717) is 39.4 Å². The lowest BCUT2D eigenvalue weighted by Crippen LogP contribution is -2.01. The predicted octanol–water partition coefficient (Wildman–Crippen LogP) is 4.70. The van der Waals surface area contributed by atoms with Crippen LogP contribution >= 0.6 is 0 Å². The molecule has 32 heavy (non-hydrogen) atoms. The molecule has 5 aromatic rings. The number of para-hydroxylation sites is 1. The highest BCUT2D eigenvalue weighted by Gasteiger charge is 2.17. The molecule has 3 aromatic heterocycles. The van der Waals surface area contributed by atoms with E-state index in [9.17, 15) is 10.1 Å². The monoisotopic (exact) mass is 420 g/mol. The molecule has 0 spiro atoms. The smallest absolute Gasteiger partial charge is 0.365 e. The Morgan fingerprint density at radius 2 is 1.84 bits per heavy atom. The van der Waals surface area contributed by atoms with Crippen molar-refractivity contribution in [3.63, 3.8) is 0 Å². The number of hydrogen-bond acceptors (Lipinski definition) is 6. The molecule has 0 fully saturated rings. The average Bonchev–Trinajstić information content (AvgIpc) is 3.24. The summed E-state index contributed by atoms with van der Waals surface area (Å²) in [7, 11) is 0. The fourth-order valence-electron chi connectivity index (χ4n) is 3.53. The maximum absolute atomic E-state index is 12.3. The van der Waals surface area contributed by atoms with Gasteiger partial charge in [0.2, 0.25) is 5.88 Å². The highest BCUT2D eigenvalue weighted by atomic mass is 16.5. The Hall–Kier alpha value is -4.70. The molecule has 0 aliphatic heterocycles. The maximum Gasteiger partial charge on any atom is 0.365 e. The fourth-order valence-corrected chi connectivity index (χ4v) is 3.53. The van der Waals surface area contributed by atoms with Crippen molar-refractivity contribution in [1.82, 2.24) is 15.1 Å². The number of aromatic nitrogens is 3. The van der Waals surface area contributed by atoms with E-state index in [1.807, 2.05) is 36.4 Å². The van der Waals surface area contributed by atoms with Crippen LogP contribution in [0.15, 0.2) is 88.4 Å². The Kier molecular flexibility index (Phi) is 4.94. The van der Waals surface area contributed by atoms with Crippen molar-refractivity contribution in [2.75, 3.05) is 0 Å². The first-order chi connectivity index (χ1) is 15.7. The quantitative estimate of drug-likeness (QED) is 0.442. The van der Waals surface area contributed by atoms with Crippen LogP contribution in [0.2, 0.25) is 0 Å². The van der Waals surface area contributed by atoms with Gasteiger partial charge in [-0.3, -0.25) is 4.98 Å². The van der Waals surface area contributed by atoms with Gasteiger partial charge in [-0.05, 0) is 35.9 Å². The summed E-state index contributed by atoms with van der Waals surface area (Å²) in [6.07, 6.45) is 3.21. The van der Waals surface area contributed by atoms with Crippen LogP contribution in [0.1, 0.15) is 11.1 Å². The van der Waals surface area contributed by atoms with Gasteiger partial charge in [-0.2, -0.15) is 5.26 Å². The first-order valence-electron chi connectivity index (χ1n) is 9.87.